The maximum atomic E-state index is 11.8. The second-order valence-corrected chi connectivity index (χ2v) is 7.15. The summed E-state index contributed by atoms with van der Waals surface area (Å²) in [5, 5.41) is 14.8. The number of nitrogens with zero attached hydrogens (tertiary/aromatic N) is 3. The van der Waals surface area contributed by atoms with Gasteiger partial charge in [0.1, 0.15) is 5.15 Å². The van der Waals surface area contributed by atoms with Crippen molar-refractivity contribution in [3.63, 3.8) is 0 Å². The van der Waals surface area contributed by atoms with E-state index in [4.69, 9.17) is 11.6 Å². The highest BCUT2D eigenvalue weighted by Crippen LogP contribution is 2.36. The lowest BCUT2D eigenvalue weighted by Gasteiger charge is -2.18. The highest BCUT2D eigenvalue weighted by Gasteiger charge is 2.39. The van der Waals surface area contributed by atoms with Crippen LogP contribution in [0.2, 0.25) is 5.15 Å². The molecule has 0 spiro atoms. The highest BCUT2D eigenvalue weighted by atomic mass is 35.5. The molecule has 134 valence electrons. The Bertz CT molecular complexity index is 787. The number of hydrogen-bond acceptors (Lipinski definition) is 3. The van der Waals surface area contributed by atoms with E-state index in [2.05, 4.69) is 16.9 Å². The summed E-state index contributed by atoms with van der Waals surface area (Å²) in [6.45, 7) is 5.99. The van der Waals surface area contributed by atoms with Crippen LogP contribution in [0.3, 0.4) is 0 Å². The van der Waals surface area contributed by atoms with Gasteiger partial charge in [-0.3, -0.25) is 14.4 Å². The Hall–Kier alpha value is -1.85. The molecular weight excluding hydrogens is 338 g/mol. The molecule has 0 aliphatic carbocycles. The molecule has 1 aliphatic rings. The van der Waals surface area contributed by atoms with E-state index in [1.54, 1.807) is 4.68 Å². The molecule has 6 heteroatoms. The van der Waals surface area contributed by atoms with E-state index in [0.29, 0.717) is 18.2 Å². The van der Waals surface area contributed by atoms with Crippen LogP contribution in [0.25, 0.3) is 0 Å². The van der Waals surface area contributed by atoms with Gasteiger partial charge < -0.3 is 5.11 Å². The van der Waals surface area contributed by atoms with Crippen LogP contribution in [0.15, 0.2) is 24.3 Å². The standard InChI is InChI=1S/C19H24ClN3O2/c1-4-17-16(18(20)22(3)21-17)11-23-9-14(15(10-23)19(24)25)13-8-6-5-7-12(13)2/h5-8,14-15H,4,9-11H2,1-3H3,(H,24,25)/t14-,15+/m0/s1. The number of likely N-dealkylation sites (tertiary alicyclic amines) is 1. The number of hydrogen-bond donors (Lipinski definition) is 1. The van der Waals surface area contributed by atoms with Crippen molar-refractivity contribution in [2.75, 3.05) is 13.1 Å². The molecule has 2 heterocycles. The third kappa shape index (κ3) is 3.44. The van der Waals surface area contributed by atoms with Gasteiger partial charge in [0.05, 0.1) is 11.6 Å². The Labute approximate surface area is 153 Å². The first kappa shape index (κ1) is 18.0. The van der Waals surface area contributed by atoms with Crippen LogP contribution in [-0.2, 0) is 24.8 Å². The van der Waals surface area contributed by atoms with Crippen molar-refractivity contribution in [1.29, 1.82) is 0 Å². The summed E-state index contributed by atoms with van der Waals surface area (Å²) in [4.78, 5) is 14.0. The fourth-order valence-electron chi connectivity index (χ4n) is 3.85. The minimum Gasteiger partial charge on any atom is -0.481 e. The van der Waals surface area contributed by atoms with Gasteiger partial charge in [0.25, 0.3) is 0 Å². The van der Waals surface area contributed by atoms with E-state index in [1.807, 2.05) is 38.2 Å². The van der Waals surface area contributed by atoms with Gasteiger partial charge in [-0.25, -0.2) is 0 Å². The fourth-order valence-corrected chi connectivity index (χ4v) is 4.05. The largest absolute Gasteiger partial charge is 0.481 e. The van der Waals surface area contributed by atoms with Gasteiger partial charge in [0.15, 0.2) is 0 Å². The number of benzene rings is 1. The van der Waals surface area contributed by atoms with Crippen molar-refractivity contribution >= 4 is 17.6 Å². The van der Waals surface area contributed by atoms with Gasteiger partial charge in [-0.15, -0.1) is 0 Å². The van der Waals surface area contributed by atoms with E-state index in [1.165, 1.54) is 0 Å². The molecule has 5 nitrogen and oxygen atoms in total. The van der Waals surface area contributed by atoms with Crippen LogP contribution >= 0.6 is 11.6 Å². The molecule has 0 radical (unpaired) electrons. The zero-order valence-electron chi connectivity index (χ0n) is 14.9. The van der Waals surface area contributed by atoms with Gasteiger partial charge in [-0.1, -0.05) is 42.8 Å². The van der Waals surface area contributed by atoms with Gasteiger partial charge in [0, 0.05) is 38.2 Å². The molecule has 1 aromatic carbocycles. The number of aromatic nitrogens is 2. The van der Waals surface area contributed by atoms with E-state index >= 15 is 0 Å². The van der Waals surface area contributed by atoms with E-state index in [9.17, 15) is 9.90 Å². The molecule has 2 atom stereocenters. The highest BCUT2D eigenvalue weighted by molar-refractivity contribution is 6.30. The molecule has 1 fully saturated rings. The molecule has 0 saturated carbocycles. The molecule has 0 bridgehead atoms. The monoisotopic (exact) mass is 361 g/mol. The quantitative estimate of drug-likeness (QED) is 0.888. The summed E-state index contributed by atoms with van der Waals surface area (Å²) in [6, 6.07) is 8.07. The Balaban J connectivity index is 1.86. The number of aryl methyl sites for hydroxylation is 3. The lowest BCUT2D eigenvalue weighted by molar-refractivity contribution is -0.141. The van der Waals surface area contributed by atoms with Crippen molar-refractivity contribution in [3.8, 4) is 0 Å². The molecule has 0 unspecified atom stereocenters. The molecule has 1 saturated heterocycles. The first-order valence-electron chi connectivity index (χ1n) is 8.63. The second kappa shape index (κ2) is 7.18. The molecule has 1 N–H and O–H groups in total. The van der Waals surface area contributed by atoms with Crippen LogP contribution < -0.4 is 0 Å². The lowest BCUT2D eigenvalue weighted by atomic mass is 9.86. The zero-order valence-corrected chi connectivity index (χ0v) is 15.6. The average molecular weight is 362 g/mol. The van der Waals surface area contributed by atoms with Crippen molar-refractivity contribution in [2.24, 2.45) is 13.0 Å². The number of carbonyl (C=O) groups is 1. The second-order valence-electron chi connectivity index (χ2n) is 6.80. The number of aliphatic carboxylic acids is 1. The molecule has 25 heavy (non-hydrogen) atoms. The van der Waals surface area contributed by atoms with Gasteiger partial charge >= 0.3 is 5.97 Å². The molecule has 3 rings (SSSR count). The van der Waals surface area contributed by atoms with E-state index < -0.39 is 11.9 Å². The smallest absolute Gasteiger partial charge is 0.308 e. The summed E-state index contributed by atoms with van der Waals surface area (Å²) in [5.74, 6) is -1.13. The Morgan fingerprint density at radius 2 is 2.08 bits per heavy atom. The summed E-state index contributed by atoms with van der Waals surface area (Å²) in [6.07, 6.45) is 0.813. The van der Waals surface area contributed by atoms with Gasteiger partial charge in [0.2, 0.25) is 0 Å². The predicted octanol–water partition coefficient (Wildman–Crippen LogP) is 3.24. The molecule has 2 aromatic rings. The third-order valence-electron chi connectivity index (χ3n) is 5.17. The first-order valence-corrected chi connectivity index (χ1v) is 9.01. The summed E-state index contributed by atoms with van der Waals surface area (Å²) in [7, 11) is 1.84. The van der Waals surface area contributed by atoms with Crippen LogP contribution in [0.1, 0.15) is 35.2 Å². The summed E-state index contributed by atoms with van der Waals surface area (Å²) >= 11 is 6.41. The average Bonchev–Trinajstić information content (AvgIpc) is 3.12. The topological polar surface area (TPSA) is 58.4 Å². The third-order valence-corrected chi connectivity index (χ3v) is 5.64. The predicted molar refractivity (Wildman–Crippen MR) is 97.9 cm³/mol. The normalized spacial score (nSPS) is 21.0. The molecule has 1 aliphatic heterocycles. The van der Waals surface area contributed by atoms with Crippen LogP contribution in [0.4, 0.5) is 0 Å². The van der Waals surface area contributed by atoms with Crippen LogP contribution in [-0.4, -0.2) is 38.8 Å². The summed E-state index contributed by atoms with van der Waals surface area (Å²) in [5.41, 5.74) is 4.28. The molecular formula is C19H24ClN3O2. The maximum absolute atomic E-state index is 11.8. The molecule has 0 amide bonds. The summed E-state index contributed by atoms with van der Waals surface area (Å²) < 4.78 is 1.69. The van der Waals surface area contributed by atoms with Gasteiger partial charge in [-0.2, -0.15) is 5.10 Å². The number of halogens is 1. The SMILES string of the molecule is CCc1nn(C)c(Cl)c1CN1C[C@@H](C(=O)O)[C@H](c2ccccc2C)C1. The van der Waals surface area contributed by atoms with Gasteiger partial charge in [-0.05, 0) is 24.5 Å². The minimum absolute atomic E-state index is 0.000719. The lowest BCUT2D eigenvalue weighted by Crippen LogP contribution is -2.23. The van der Waals surface area contributed by atoms with Crippen LogP contribution in [0, 0.1) is 12.8 Å². The number of carboxylic acid groups (broad SMARTS) is 1. The van der Waals surface area contributed by atoms with Crippen molar-refractivity contribution in [1.82, 2.24) is 14.7 Å². The first-order chi connectivity index (χ1) is 11.9. The Morgan fingerprint density at radius 1 is 1.36 bits per heavy atom. The van der Waals surface area contributed by atoms with Crippen molar-refractivity contribution < 1.29 is 9.90 Å². The minimum atomic E-state index is -0.733. The maximum Gasteiger partial charge on any atom is 0.308 e. The number of rotatable bonds is 5. The van der Waals surface area contributed by atoms with E-state index in [-0.39, 0.29) is 5.92 Å². The van der Waals surface area contributed by atoms with Crippen molar-refractivity contribution in [3.05, 3.63) is 51.8 Å². The Morgan fingerprint density at radius 3 is 2.72 bits per heavy atom. The van der Waals surface area contributed by atoms with E-state index in [0.717, 1.165) is 35.3 Å². The fraction of sp³-hybridized carbons (Fsp3) is 0.474. The Kier molecular flexibility index (Phi) is 5.16. The molecule has 1 aromatic heterocycles. The zero-order chi connectivity index (χ0) is 18.1. The number of carboxylic acids is 1. The van der Waals surface area contributed by atoms with Crippen molar-refractivity contribution in [2.45, 2.75) is 32.7 Å². The van der Waals surface area contributed by atoms with Crippen LogP contribution in [0.5, 0.6) is 0 Å².